The molecule has 0 unspecified atom stereocenters. The number of aromatic nitrogens is 2. The van der Waals surface area contributed by atoms with Crippen LogP contribution in [0.3, 0.4) is 0 Å². The van der Waals surface area contributed by atoms with Crippen molar-refractivity contribution in [2.45, 2.75) is 32.2 Å². The lowest BCUT2D eigenvalue weighted by molar-refractivity contribution is 0.380. The van der Waals surface area contributed by atoms with Gasteiger partial charge in [0.1, 0.15) is 0 Å². The van der Waals surface area contributed by atoms with Gasteiger partial charge in [0.15, 0.2) is 5.96 Å². The molecule has 7 heteroatoms. The van der Waals surface area contributed by atoms with Crippen LogP contribution in [-0.4, -0.2) is 46.8 Å². The quantitative estimate of drug-likeness (QED) is 0.650. The number of aryl methyl sites for hydroxylation is 2. The van der Waals surface area contributed by atoms with Crippen LogP contribution in [0.1, 0.15) is 29.8 Å². The highest BCUT2D eigenvalue weighted by Gasteiger charge is 2.21. The molecule has 1 aromatic heterocycles. The van der Waals surface area contributed by atoms with Crippen molar-refractivity contribution in [3.8, 4) is 0 Å². The van der Waals surface area contributed by atoms with E-state index in [4.69, 9.17) is 22.3 Å². The molecule has 1 fully saturated rings. The highest BCUT2D eigenvalue weighted by molar-refractivity contribution is 6.30. The minimum absolute atomic E-state index is 0.613. The fraction of sp³-hybridized carbons (Fsp3) is 0.500. The third-order valence-corrected chi connectivity index (χ3v) is 5.89. The Morgan fingerprint density at radius 1 is 1.11 bits per heavy atom. The number of nitrogens with two attached hydrogens (primary N) is 1. The van der Waals surface area contributed by atoms with Gasteiger partial charge in [-0.1, -0.05) is 11.6 Å². The number of fused-ring (bicyclic) bond motifs is 1. The molecule has 1 aliphatic heterocycles. The Bertz CT molecular complexity index is 818. The number of nitrogens with zero attached hydrogens (tertiary/aromatic N) is 5. The zero-order valence-corrected chi connectivity index (χ0v) is 16.6. The third kappa shape index (κ3) is 3.90. The highest BCUT2D eigenvalue weighted by atomic mass is 35.5. The summed E-state index contributed by atoms with van der Waals surface area (Å²) in [7, 11) is 2.02. The molecular formula is C20H27ClN6. The van der Waals surface area contributed by atoms with Gasteiger partial charge in [0, 0.05) is 43.9 Å². The van der Waals surface area contributed by atoms with E-state index in [1.54, 1.807) is 0 Å². The van der Waals surface area contributed by atoms with Crippen molar-refractivity contribution >= 4 is 23.2 Å². The van der Waals surface area contributed by atoms with Gasteiger partial charge in [0.2, 0.25) is 0 Å². The maximum absolute atomic E-state index is 6.31. The standard InChI is InChI=1S/C20H27ClN6/c1-25-19(17-4-2-3-5-18(17)24-25)14-23-20(22)27-12-10-26(11-13-27)16-8-6-15(21)7-9-16/h6-9H,2-5,10-14H2,1H3,(H2,22,23). The molecule has 0 spiro atoms. The first kappa shape index (κ1) is 18.2. The summed E-state index contributed by atoms with van der Waals surface area (Å²) < 4.78 is 1.99. The molecule has 6 nitrogen and oxygen atoms in total. The van der Waals surface area contributed by atoms with Gasteiger partial charge in [-0.15, -0.1) is 0 Å². The molecule has 0 radical (unpaired) electrons. The molecule has 1 aliphatic carbocycles. The number of anilines is 1. The van der Waals surface area contributed by atoms with Crippen molar-refractivity contribution in [2.24, 2.45) is 17.8 Å². The first-order chi connectivity index (χ1) is 13.1. The molecule has 1 saturated heterocycles. The van der Waals surface area contributed by atoms with Crippen LogP contribution in [-0.2, 0) is 26.4 Å². The van der Waals surface area contributed by atoms with Gasteiger partial charge >= 0.3 is 0 Å². The SMILES string of the molecule is Cn1nc2c(c1CN=C(N)N1CCN(c3ccc(Cl)cc3)CC1)CCCC2. The average molecular weight is 387 g/mol. The maximum atomic E-state index is 6.31. The number of guanidine groups is 1. The Balaban J connectivity index is 1.37. The zero-order valence-electron chi connectivity index (χ0n) is 15.9. The van der Waals surface area contributed by atoms with E-state index in [0.29, 0.717) is 12.5 Å². The van der Waals surface area contributed by atoms with E-state index in [2.05, 4.69) is 27.0 Å². The molecule has 0 bridgehead atoms. The summed E-state index contributed by atoms with van der Waals surface area (Å²) in [6, 6.07) is 8.02. The summed E-state index contributed by atoms with van der Waals surface area (Å²) in [6.45, 7) is 4.23. The van der Waals surface area contributed by atoms with Gasteiger partial charge in [-0.2, -0.15) is 5.10 Å². The second kappa shape index (κ2) is 7.80. The van der Waals surface area contributed by atoms with Crippen LogP contribution in [0.15, 0.2) is 29.3 Å². The molecular weight excluding hydrogens is 360 g/mol. The van der Waals surface area contributed by atoms with Crippen molar-refractivity contribution in [1.82, 2.24) is 14.7 Å². The number of halogens is 1. The van der Waals surface area contributed by atoms with Gasteiger partial charge in [-0.05, 0) is 55.5 Å². The van der Waals surface area contributed by atoms with Gasteiger partial charge in [0.25, 0.3) is 0 Å². The lowest BCUT2D eigenvalue weighted by atomic mass is 9.96. The number of piperazine rings is 1. The highest BCUT2D eigenvalue weighted by Crippen LogP contribution is 2.24. The Morgan fingerprint density at radius 3 is 2.56 bits per heavy atom. The smallest absolute Gasteiger partial charge is 0.191 e. The lowest BCUT2D eigenvalue weighted by Gasteiger charge is -2.36. The van der Waals surface area contributed by atoms with E-state index >= 15 is 0 Å². The molecule has 0 saturated carbocycles. The first-order valence-corrected chi connectivity index (χ1v) is 10.1. The second-order valence-corrected chi connectivity index (χ2v) is 7.76. The number of rotatable bonds is 3. The minimum Gasteiger partial charge on any atom is -0.370 e. The van der Waals surface area contributed by atoms with Crippen LogP contribution < -0.4 is 10.6 Å². The molecule has 2 N–H and O–H groups in total. The number of benzene rings is 1. The zero-order chi connectivity index (χ0) is 18.8. The van der Waals surface area contributed by atoms with E-state index in [1.165, 1.54) is 35.5 Å². The summed E-state index contributed by atoms with van der Waals surface area (Å²) in [4.78, 5) is 9.23. The molecule has 1 aromatic carbocycles. The van der Waals surface area contributed by atoms with Crippen molar-refractivity contribution in [3.05, 3.63) is 46.2 Å². The third-order valence-electron chi connectivity index (χ3n) is 5.63. The Labute approximate surface area is 165 Å². The van der Waals surface area contributed by atoms with Crippen molar-refractivity contribution in [3.63, 3.8) is 0 Å². The largest absolute Gasteiger partial charge is 0.370 e. The predicted octanol–water partition coefficient (Wildman–Crippen LogP) is 2.59. The fourth-order valence-electron chi connectivity index (χ4n) is 4.05. The lowest BCUT2D eigenvalue weighted by Crippen LogP contribution is -2.51. The number of hydrogen-bond donors (Lipinski definition) is 1. The molecule has 0 amide bonds. The van der Waals surface area contributed by atoms with Crippen LogP contribution in [0.5, 0.6) is 0 Å². The minimum atomic E-state index is 0.613. The Morgan fingerprint density at radius 2 is 1.81 bits per heavy atom. The van der Waals surface area contributed by atoms with Gasteiger partial charge < -0.3 is 15.5 Å². The van der Waals surface area contributed by atoms with Crippen molar-refractivity contribution < 1.29 is 0 Å². The molecule has 2 aromatic rings. The van der Waals surface area contributed by atoms with E-state index in [-0.39, 0.29) is 0 Å². The monoisotopic (exact) mass is 386 g/mol. The van der Waals surface area contributed by atoms with E-state index < -0.39 is 0 Å². The summed E-state index contributed by atoms with van der Waals surface area (Å²) >= 11 is 5.98. The van der Waals surface area contributed by atoms with Gasteiger partial charge in [0.05, 0.1) is 17.9 Å². The van der Waals surface area contributed by atoms with Crippen LogP contribution in [0.4, 0.5) is 5.69 Å². The van der Waals surface area contributed by atoms with Crippen molar-refractivity contribution in [2.75, 3.05) is 31.1 Å². The molecule has 0 atom stereocenters. The maximum Gasteiger partial charge on any atom is 0.191 e. The second-order valence-electron chi connectivity index (χ2n) is 7.33. The first-order valence-electron chi connectivity index (χ1n) is 9.71. The van der Waals surface area contributed by atoms with Crippen molar-refractivity contribution in [1.29, 1.82) is 0 Å². The van der Waals surface area contributed by atoms with Crippen LogP contribution in [0.2, 0.25) is 5.02 Å². The van der Waals surface area contributed by atoms with E-state index in [9.17, 15) is 0 Å². The van der Waals surface area contributed by atoms with Crippen LogP contribution in [0, 0.1) is 0 Å². The fourth-order valence-corrected chi connectivity index (χ4v) is 4.17. The molecule has 2 heterocycles. The summed E-state index contributed by atoms with van der Waals surface area (Å²) in [6.07, 6.45) is 4.70. The topological polar surface area (TPSA) is 62.7 Å². The summed E-state index contributed by atoms with van der Waals surface area (Å²) in [5.74, 6) is 0.636. The normalized spacial score (nSPS) is 17.9. The van der Waals surface area contributed by atoms with Crippen LogP contribution >= 0.6 is 11.6 Å². The predicted molar refractivity (Wildman–Crippen MR) is 110 cm³/mol. The average Bonchev–Trinajstić information content (AvgIpc) is 3.02. The van der Waals surface area contributed by atoms with Gasteiger partial charge in [-0.25, -0.2) is 4.99 Å². The molecule has 2 aliphatic rings. The Kier molecular flexibility index (Phi) is 5.25. The number of hydrogen-bond acceptors (Lipinski definition) is 3. The van der Waals surface area contributed by atoms with Gasteiger partial charge in [-0.3, -0.25) is 4.68 Å². The van der Waals surface area contributed by atoms with E-state index in [1.807, 2.05) is 23.9 Å². The molecule has 144 valence electrons. The van der Waals surface area contributed by atoms with E-state index in [0.717, 1.165) is 44.0 Å². The number of aliphatic imine (C=N–C) groups is 1. The van der Waals surface area contributed by atoms with Crippen LogP contribution in [0.25, 0.3) is 0 Å². The molecule has 4 rings (SSSR count). The summed E-state index contributed by atoms with van der Waals surface area (Å²) in [5.41, 5.74) is 11.4. The molecule has 27 heavy (non-hydrogen) atoms. The Hall–Kier alpha value is -2.21. The summed E-state index contributed by atoms with van der Waals surface area (Å²) in [5, 5.41) is 5.44.